The summed E-state index contributed by atoms with van der Waals surface area (Å²) in [5.41, 5.74) is 0.226. The molecule has 0 saturated carbocycles. The summed E-state index contributed by atoms with van der Waals surface area (Å²) >= 11 is 0. The van der Waals surface area contributed by atoms with E-state index in [0.29, 0.717) is 0 Å². The molecule has 0 aromatic heterocycles. The van der Waals surface area contributed by atoms with Gasteiger partial charge in [0.2, 0.25) is 5.91 Å². The van der Waals surface area contributed by atoms with Crippen molar-refractivity contribution in [3.05, 3.63) is 35.9 Å². The van der Waals surface area contributed by atoms with Gasteiger partial charge in [0, 0.05) is 6.92 Å². The number of carbonyl (C=O) groups excluding carboxylic acids is 1. The van der Waals surface area contributed by atoms with Crippen LogP contribution in [0.2, 0.25) is 0 Å². The van der Waals surface area contributed by atoms with Crippen molar-refractivity contribution in [1.29, 1.82) is 0 Å². The zero-order valence-corrected chi connectivity index (χ0v) is 8.68. The molecule has 0 aliphatic carbocycles. The van der Waals surface area contributed by atoms with Crippen molar-refractivity contribution < 1.29 is 19.1 Å². The van der Waals surface area contributed by atoms with E-state index in [1.165, 1.54) is 12.1 Å². The van der Waals surface area contributed by atoms with Crippen molar-refractivity contribution in [2.24, 2.45) is 0 Å². The molecule has 86 valence electrons. The number of hydrogen-bond acceptors (Lipinski definition) is 2. The van der Waals surface area contributed by atoms with Crippen LogP contribution in [0.25, 0.3) is 0 Å². The van der Waals surface area contributed by atoms with Gasteiger partial charge in [-0.25, -0.2) is 9.18 Å². The number of halogens is 1. The van der Waals surface area contributed by atoms with E-state index in [4.69, 9.17) is 5.11 Å². The molecule has 2 unspecified atom stereocenters. The second-order valence-electron chi connectivity index (χ2n) is 3.33. The molecule has 16 heavy (non-hydrogen) atoms. The first-order valence-electron chi connectivity index (χ1n) is 4.71. The van der Waals surface area contributed by atoms with Crippen LogP contribution in [-0.2, 0) is 9.59 Å². The summed E-state index contributed by atoms with van der Waals surface area (Å²) in [6.45, 7) is 1.15. The van der Waals surface area contributed by atoms with Gasteiger partial charge >= 0.3 is 5.97 Å². The van der Waals surface area contributed by atoms with E-state index < -0.39 is 24.1 Å². The van der Waals surface area contributed by atoms with Gasteiger partial charge in [-0.1, -0.05) is 30.3 Å². The predicted octanol–water partition coefficient (Wildman–Crippen LogP) is 1.29. The number of carbonyl (C=O) groups is 2. The Morgan fingerprint density at radius 2 is 1.88 bits per heavy atom. The third-order valence-electron chi connectivity index (χ3n) is 2.04. The summed E-state index contributed by atoms with van der Waals surface area (Å²) in [4.78, 5) is 21.5. The van der Waals surface area contributed by atoms with Crippen LogP contribution in [0.5, 0.6) is 0 Å². The molecule has 0 spiro atoms. The number of amides is 1. The fourth-order valence-corrected chi connectivity index (χ4v) is 1.31. The number of carboxylic acid groups (broad SMARTS) is 1. The standard InChI is InChI=1S/C11H12FNO3/c1-7(14)13-10(11(15)16)9(12)8-5-3-2-4-6-8/h2-6,9-10H,1H3,(H,13,14)(H,15,16). The van der Waals surface area contributed by atoms with Gasteiger partial charge in [-0.2, -0.15) is 0 Å². The summed E-state index contributed by atoms with van der Waals surface area (Å²) in [6.07, 6.45) is -1.76. The summed E-state index contributed by atoms with van der Waals surface area (Å²) in [5, 5.41) is 10.9. The minimum absolute atomic E-state index is 0.226. The fourth-order valence-electron chi connectivity index (χ4n) is 1.31. The molecule has 2 atom stereocenters. The molecule has 0 saturated heterocycles. The van der Waals surface area contributed by atoms with Crippen LogP contribution in [0.1, 0.15) is 18.7 Å². The van der Waals surface area contributed by atoms with Gasteiger partial charge in [0.1, 0.15) is 0 Å². The lowest BCUT2D eigenvalue weighted by Gasteiger charge is -2.17. The Kier molecular flexibility index (Phi) is 3.99. The van der Waals surface area contributed by atoms with Crippen molar-refractivity contribution in [3.8, 4) is 0 Å². The highest BCUT2D eigenvalue weighted by molar-refractivity contribution is 5.82. The number of alkyl halides is 1. The van der Waals surface area contributed by atoms with Gasteiger partial charge in [-0.15, -0.1) is 0 Å². The first-order valence-corrected chi connectivity index (χ1v) is 4.71. The highest BCUT2D eigenvalue weighted by atomic mass is 19.1. The number of aliphatic carboxylic acids is 1. The molecule has 5 heteroatoms. The molecule has 0 fully saturated rings. The zero-order valence-electron chi connectivity index (χ0n) is 8.68. The zero-order chi connectivity index (χ0) is 12.1. The van der Waals surface area contributed by atoms with Crippen molar-refractivity contribution in [2.75, 3.05) is 0 Å². The van der Waals surface area contributed by atoms with E-state index in [1.807, 2.05) is 0 Å². The van der Waals surface area contributed by atoms with E-state index in [9.17, 15) is 14.0 Å². The van der Waals surface area contributed by atoms with E-state index in [2.05, 4.69) is 5.32 Å². The highest BCUT2D eigenvalue weighted by Crippen LogP contribution is 2.21. The third-order valence-corrected chi connectivity index (χ3v) is 2.04. The smallest absolute Gasteiger partial charge is 0.329 e. The SMILES string of the molecule is CC(=O)NC(C(=O)O)C(F)c1ccccc1. The van der Waals surface area contributed by atoms with Crippen molar-refractivity contribution >= 4 is 11.9 Å². The summed E-state index contributed by atoms with van der Waals surface area (Å²) in [6, 6.07) is 6.30. The van der Waals surface area contributed by atoms with Crippen LogP contribution in [0.3, 0.4) is 0 Å². The Labute approximate surface area is 92.1 Å². The number of hydrogen-bond donors (Lipinski definition) is 2. The fraction of sp³-hybridized carbons (Fsp3) is 0.273. The minimum atomic E-state index is -1.76. The van der Waals surface area contributed by atoms with Crippen LogP contribution >= 0.6 is 0 Å². The van der Waals surface area contributed by atoms with Gasteiger partial charge in [-0.3, -0.25) is 4.79 Å². The molecule has 0 aliphatic heterocycles. The lowest BCUT2D eigenvalue weighted by molar-refractivity contribution is -0.143. The molecule has 1 aromatic carbocycles. The molecule has 0 radical (unpaired) electrons. The van der Waals surface area contributed by atoms with E-state index in [-0.39, 0.29) is 5.56 Å². The van der Waals surface area contributed by atoms with Gasteiger partial charge in [0.25, 0.3) is 0 Å². The quantitative estimate of drug-likeness (QED) is 0.811. The maximum Gasteiger partial charge on any atom is 0.329 e. The second-order valence-corrected chi connectivity index (χ2v) is 3.33. The average molecular weight is 225 g/mol. The van der Waals surface area contributed by atoms with E-state index >= 15 is 0 Å². The number of nitrogens with one attached hydrogen (secondary N) is 1. The first-order chi connectivity index (χ1) is 7.52. The predicted molar refractivity (Wildman–Crippen MR) is 55.5 cm³/mol. The maximum atomic E-state index is 13.8. The molecule has 4 nitrogen and oxygen atoms in total. The van der Waals surface area contributed by atoms with Gasteiger partial charge in [0.15, 0.2) is 12.2 Å². The van der Waals surface area contributed by atoms with Crippen molar-refractivity contribution in [3.63, 3.8) is 0 Å². The van der Waals surface area contributed by atoms with Crippen LogP contribution in [0.4, 0.5) is 4.39 Å². The average Bonchev–Trinajstić information content (AvgIpc) is 2.25. The molecular formula is C11H12FNO3. The molecule has 1 rings (SSSR count). The lowest BCUT2D eigenvalue weighted by atomic mass is 10.0. The normalized spacial score (nSPS) is 13.9. The Morgan fingerprint density at radius 1 is 1.31 bits per heavy atom. The Hall–Kier alpha value is -1.91. The van der Waals surface area contributed by atoms with Crippen molar-refractivity contribution in [1.82, 2.24) is 5.32 Å². The van der Waals surface area contributed by atoms with Crippen molar-refractivity contribution in [2.45, 2.75) is 19.1 Å². The molecular weight excluding hydrogens is 213 g/mol. The minimum Gasteiger partial charge on any atom is -0.480 e. The molecule has 2 N–H and O–H groups in total. The van der Waals surface area contributed by atoms with Crippen LogP contribution in [0, 0.1) is 0 Å². The van der Waals surface area contributed by atoms with Gasteiger partial charge in [-0.05, 0) is 5.56 Å². The molecule has 0 bridgehead atoms. The monoisotopic (exact) mass is 225 g/mol. The maximum absolute atomic E-state index is 13.8. The number of carboxylic acids is 1. The third kappa shape index (κ3) is 3.05. The highest BCUT2D eigenvalue weighted by Gasteiger charge is 2.29. The number of rotatable bonds is 4. The molecule has 1 aromatic rings. The number of benzene rings is 1. The topological polar surface area (TPSA) is 66.4 Å². The van der Waals surface area contributed by atoms with Crippen LogP contribution < -0.4 is 5.32 Å². The van der Waals surface area contributed by atoms with Crippen LogP contribution in [-0.4, -0.2) is 23.0 Å². The molecule has 1 amide bonds. The summed E-state index contributed by atoms with van der Waals surface area (Å²) in [7, 11) is 0. The molecule has 0 heterocycles. The Balaban J connectivity index is 2.87. The Morgan fingerprint density at radius 3 is 2.31 bits per heavy atom. The summed E-state index contributed by atoms with van der Waals surface area (Å²) < 4.78 is 13.8. The summed E-state index contributed by atoms with van der Waals surface area (Å²) in [5.74, 6) is -1.97. The van der Waals surface area contributed by atoms with E-state index in [0.717, 1.165) is 6.92 Å². The Bertz CT molecular complexity index is 380. The van der Waals surface area contributed by atoms with Crippen LogP contribution in [0.15, 0.2) is 30.3 Å². The second kappa shape index (κ2) is 5.25. The first kappa shape index (κ1) is 12.2. The van der Waals surface area contributed by atoms with E-state index in [1.54, 1.807) is 18.2 Å². The lowest BCUT2D eigenvalue weighted by Crippen LogP contribution is -2.42. The van der Waals surface area contributed by atoms with Gasteiger partial charge < -0.3 is 10.4 Å². The largest absolute Gasteiger partial charge is 0.480 e. The van der Waals surface area contributed by atoms with Gasteiger partial charge in [0.05, 0.1) is 0 Å². The molecule has 0 aliphatic rings.